The van der Waals surface area contributed by atoms with E-state index in [1.807, 2.05) is 83.9 Å². The van der Waals surface area contributed by atoms with E-state index in [1.54, 1.807) is 12.4 Å². The van der Waals surface area contributed by atoms with Crippen molar-refractivity contribution >= 4 is 34.5 Å². The Morgan fingerprint density at radius 2 is 0.700 bits per heavy atom. The molecule has 6 aromatic rings. The molecular formula is C35H31N5. The molecule has 0 bridgehead atoms. The number of aromatic nitrogens is 3. The third kappa shape index (κ3) is 6.58. The number of aryl methyl sites for hydroxylation is 2. The number of hydrogen-bond donors (Lipinski definition) is 0. The van der Waals surface area contributed by atoms with Crippen molar-refractivity contribution in [3.8, 4) is 0 Å². The van der Waals surface area contributed by atoms with E-state index in [4.69, 9.17) is 0 Å². The molecule has 0 saturated heterocycles. The summed E-state index contributed by atoms with van der Waals surface area (Å²) in [4.78, 5) is 17.6. The Balaban J connectivity index is 0.000000161. The molecule has 3 aromatic heterocycles. The fraction of sp³-hybridized carbons (Fsp3) is 0.0571. The van der Waals surface area contributed by atoms with Crippen molar-refractivity contribution in [1.82, 2.24) is 15.0 Å². The standard InChI is InChI=1S/C18H16N2.C17H15N3/c1-15-10-12-17(13-11-15)20(16-7-3-2-4-8-16)18-9-5-6-14-19-18;1-14-8-10-15(11-9-14)20(16-6-2-4-12-18-16)17-7-3-5-13-19-17/h2-14H,1H3;2-13H,1H3. The van der Waals surface area contributed by atoms with Gasteiger partial charge in [-0.25, -0.2) is 15.0 Å². The van der Waals surface area contributed by atoms with Crippen LogP contribution in [-0.2, 0) is 0 Å². The lowest BCUT2D eigenvalue weighted by molar-refractivity contribution is 1.12. The smallest absolute Gasteiger partial charge is 0.138 e. The topological polar surface area (TPSA) is 45.2 Å². The molecule has 0 amide bonds. The molecule has 196 valence electrons. The molecule has 0 saturated carbocycles. The summed E-state index contributed by atoms with van der Waals surface area (Å²) < 4.78 is 0. The highest BCUT2D eigenvalue weighted by Crippen LogP contribution is 2.33. The van der Waals surface area contributed by atoms with Crippen molar-refractivity contribution in [2.45, 2.75) is 13.8 Å². The van der Waals surface area contributed by atoms with E-state index in [0.717, 1.165) is 34.5 Å². The van der Waals surface area contributed by atoms with Crippen LogP contribution in [0.4, 0.5) is 34.5 Å². The fourth-order valence-corrected chi connectivity index (χ4v) is 4.22. The predicted molar refractivity (Wildman–Crippen MR) is 165 cm³/mol. The van der Waals surface area contributed by atoms with Crippen LogP contribution in [0.3, 0.4) is 0 Å². The molecule has 0 N–H and O–H groups in total. The Hall–Kier alpha value is -5.29. The second-order valence-electron chi connectivity index (χ2n) is 9.24. The first kappa shape index (κ1) is 26.3. The number of rotatable bonds is 6. The van der Waals surface area contributed by atoms with Crippen LogP contribution in [-0.4, -0.2) is 15.0 Å². The van der Waals surface area contributed by atoms with Gasteiger partial charge in [0.1, 0.15) is 17.5 Å². The van der Waals surface area contributed by atoms with Gasteiger partial charge in [-0.1, -0.05) is 71.8 Å². The van der Waals surface area contributed by atoms with Crippen molar-refractivity contribution < 1.29 is 0 Å². The average Bonchev–Trinajstić information content (AvgIpc) is 3.02. The second-order valence-corrected chi connectivity index (χ2v) is 9.24. The van der Waals surface area contributed by atoms with Crippen LogP contribution in [0.1, 0.15) is 11.1 Å². The highest BCUT2D eigenvalue weighted by Gasteiger charge is 2.14. The van der Waals surface area contributed by atoms with Crippen molar-refractivity contribution in [3.63, 3.8) is 0 Å². The number of benzene rings is 3. The van der Waals surface area contributed by atoms with E-state index in [9.17, 15) is 0 Å². The van der Waals surface area contributed by atoms with Gasteiger partial charge in [-0.3, -0.25) is 9.80 Å². The highest BCUT2D eigenvalue weighted by atomic mass is 15.2. The molecule has 0 aliphatic carbocycles. The molecule has 0 fully saturated rings. The maximum absolute atomic E-state index is 4.48. The summed E-state index contributed by atoms with van der Waals surface area (Å²) in [7, 11) is 0. The average molecular weight is 522 g/mol. The zero-order chi connectivity index (χ0) is 27.6. The van der Waals surface area contributed by atoms with Crippen LogP contribution in [0.25, 0.3) is 0 Å². The maximum Gasteiger partial charge on any atom is 0.138 e. The zero-order valence-electron chi connectivity index (χ0n) is 22.7. The van der Waals surface area contributed by atoms with Gasteiger partial charge in [-0.05, 0) is 86.6 Å². The van der Waals surface area contributed by atoms with Crippen molar-refractivity contribution in [2.75, 3.05) is 9.80 Å². The molecule has 0 aliphatic heterocycles. The Kier molecular flexibility index (Phi) is 8.54. The number of para-hydroxylation sites is 1. The van der Waals surface area contributed by atoms with Gasteiger partial charge < -0.3 is 0 Å². The minimum Gasteiger partial charge on any atom is -0.295 e. The van der Waals surface area contributed by atoms with Crippen molar-refractivity contribution in [3.05, 3.63) is 163 Å². The molecule has 5 nitrogen and oxygen atoms in total. The third-order valence-electron chi connectivity index (χ3n) is 6.23. The van der Waals surface area contributed by atoms with Gasteiger partial charge in [-0.15, -0.1) is 0 Å². The van der Waals surface area contributed by atoms with Gasteiger partial charge in [0.15, 0.2) is 0 Å². The molecule has 0 aliphatic rings. The van der Waals surface area contributed by atoms with Gasteiger partial charge in [0.05, 0.1) is 0 Å². The molecule has 0 unspecified atom stereocenters. The minimum atomic E-state index is 0.857. The number of pyridine rings is 3. The van der Waals surface area contributed by atoms with Crippen molar-refractivity contribution in [1.29, 1.82) is 0 Å². The molecule has 6 rings (SSSR count). The van der Waals surface area contributed by atoms with E-state index >= 15 is 0 Å². The lowest BCUT2D eigenvalue weighted by atomic mass is 10.2. The second kappa shape index (κ2) is 13.0. The molecule has 0 spiro atoms. The Bertz CT molecular complexity index is 1370. The van der Waals surface area contributed by atoms with E-state index in [1.165, 1.54) is 11.1 Å². The summed E-state index contributed by atoms with van der Waals surface area (Å²) in [6.07, 6.45) is 5.40. The van der Waals surface area contributed by atoms with Gasteiger partial charge in [0.25, 0.3) is 0 Å². The van der Waals surface area contributed by atoms with Gasteiger partial charge in [0, 0.05) is 35.7 Å². The molecule has 0 radical (unpaired) electrons. The minimum absolute atomic E-state index is 0.857. The first-order chi connectivity index (χ1) is 19.7. The molecule has 3 aromatic carbocycles. The number of hydrogen-bond acceptors (Lipinski definition) is 5. The van der Waals surface area contributed by atoms with Gasteiger partial charge in [0.2, 0.25) is 0 Å². The molecule has 5 heteroatoms. The monoisotopic (exact) mass is 521 g/mol. The Morgan fingerprint density at radius 1 is 0.350 bits per heavy atom. The molecule has 40 heavy (non-hydrogen) atoms. The normalized spacial score (nSPS) is 10.2. The molecule has 0 atom stereocenters. The Labute approximate surface area is 236 Å². The number of nitrogens with zero attached hydrogens (tertiary/aromatic N) is 5. The lowest BCUT2D eigenvalue weighted by Crippen LogP contribution is -2.12. The quantitative estimate of drug-likeness (QED) is 0.219. The molecule has 3 heterocycles. The maximum atomic E-state index is 4.48. The summed E-state index contributed by atoms with van der Waals surface area (Å²) in [5.41, 5.74) is 5.75. The largest absolute Gasteiger partial charge is 0.295 e. The summed E-state index contributed by atoms with van der Waals surface area (Å²) in [6.45, 7) is 4.17. The third-order valence-corrected chi connectivity index (χ3v) is 6.23. The first-order valence-corrected chi connectivity index (χ1v) is 13.2. The van der Waals surface area contributed by atoms with Gasteiger partial charge >= 0.3 is 0 Å². The van der Waals surface area contributed by atoms with Crippen LogP contribution in [0, 0.1) is 13.8 Å². The predicted octanol–water partition coefficient (Wildman–Crippen LogP) is 9.11. The van der Waals surface area contributed by atoms with Crippen LogP contribution in [0.5, 0.6) is 0 Å². The van der Waals surface area contributed by atoms with E-state index < -0.39 is 0 Å². The van der Waals surface area contributed by atoms with E-state index in [0.29, 0.717) is 0 Å². The van der Waals surface area contributed by atoms with Crippen LogP contribution in [0.2, 0.25) is 0 Å². The van der Waals surface area contributed by atoms with E-state index in [-0.39, 0.29) is 0 Å². The summed E-state index contributed by atoms with van der Waals surface area (Å²) in [5.74, 6) is 2.63. The summed E-state index contributed by atoms with van der Waals surface area (Å²) >= 11 is 0. The van der Waals surface area contributed by atoms with Gasteiger partial charge in [-0.2, -0.15) is 0 Å². The van der Waals surface area contributed by atoms with E-state index in [2.05, 4.69) is 94.4 Å². The zero-order valence-corrected chi connectivity index (χ0v) is 22.7. The SMILES string of the molecule is Cc1ccc(N(c2ccccc2)c2ccccn2)cc1.Cc1ccc(N(c2ccccn2)c2ccccn2)cc1. The summed E-state index contributed by atoms with van der Waals surface area (Å²) in [5, 5.41) is 0. The number of anilines is 6. The molecular weight excluding hydrogens is 490 g/mol. The van der Waals surface area contributed by atoms with Crippen molar-refractivity contribution in [2.24, 2.45) is 0 Å². The van der Waals surface area contributed by atoms with Crippen LogP contribution < -0.4 is 9.80 Å². The fourth-order valence-electron chi connectivity index (χ4n) is 4.22. The van der Waals surface area contributed by atoms with Crippen LogP contribution in [0.15, 0.2) is 152 Å². The first-order valence-electron chi connectivity index (χ1n) is 13.2. The lowest BCUT2D eigenvalue weighted by Gasteiger charge is -2.24. The summed E-state index contributed by atoms with van der Waals surface area (Å²) in [6, 6.07) is 44.8. The van der Waals surface area contributed by atoms with Crippen LogP contribution >= 0.6 is 0 Å². The highest BCUT2D eigenvalue weighted by molar-refractivity contribution is 5.74. The Morgan fingerprint density at radius 3 is 1.10 bits per heavy atom.